The maximum atomic E-state index is 12.4. The van der Waals surface area contributed by atoms with Crippen LogP contribution in [0.2, 0.25) is 0 Å². The van der Waals surface area contributed by atoms with Crippen LogP contribution in [0.5, 0.6) is 0 Å². The number of para-hydroxylation sites is 1. The highest BCUT2D eigenvalue weighted by Gasteiger charge is 2.18. The molecular weight excluding hydrogens is 376 g/mol. The molecule has 1 aromatic carbocycles. The molecule has 9 nitrogen and oxygen atoms in total. The molecule has 0 saturated carbocycles. The van der Waals surface area contributed by atoms with E-state index in [1.807, 2.05) is 62.3 Å². The Morgan fingerprint density at radius 2 is 1.86 bits per heavy atom. The first kappa shape index (κ1) is 19.9. The van der Waals surface area contributed by atoms with Gasteiger partial charge in [-0.25, -0.2) is 4.40 Å². The number of nitrogens with zero attached hydrogens (tertiary/aromatic N) is 7. The van der Waals surface area contributed by atoms with Gasteiger partial charge in [-0.2, -0.15) is 9.97 Å². The molecule has 28 heavy (non-hydrogen) atoms. The van der Waals surface area contributed by atoms with Crippen LogP contribution < -0.4 is 15.1 Å². The number of aryl methyl sites for hydroxylation is 1. The Morgan fingerprint density at radius 1 is 1.11 bits per heavy atom. The average Bonchev–Trinajstić information content (AvgIpc) is 3.09. The summed E-state index contributed by atoms with van der Waals surface area (Å²) < 4.78 is 1.75. The first-order valence-electron chi connectivity index (χ1n) is 8.89. The van der Waals surface area contributed by atoms with E-state index in [9.17, 15) is 4.79 Å². The molecule has 1 amide bonds. The topological polar surface area (TPSA) is 91.5 Å². The third-order valence-corrected chi connectivity index (χ3v) is 4.95. The van der Waals surface area contributed by atoms with Crippen LogP contribution in [0.4, 0.5) is 17.6 Å². The normalized spacial score (nSPS) is 10.9. The monoisotopic (exact) mass is 400 g/mol. The van der Waals surface area contributed by atoms with E-state index in [0.717, 1.165) is 17.7 Å². The van der Waals surface area contributed by atoms with Crippen molar-refractivity contribution < 1.29 is 4.79 Å². The minimum absolute atomic E-state index is 0.0973. The summed E-state index contributed by atoms with van der Waals surface area (Å²) in [6, 6.07) is 7.81. The zero-order chi connectivity index (χ0) is 20.3. The van der Waals surface area contributed by atoms with Gasteiger partial charge in [0, 0.05) is 33.9 Å². The summed E-state index contributed by atoms with van der Waals surface area (Å²) in [4.78, 5) is 25.1. The number of fused-ring (bicyclic) bond motifs is 1. The third-order valence-electron chi connectivity index (χ3n) is 4.02. The first-order chi connectivity index (χ1) is 13.4. The molecule has 3 rings (SSSR count). The molecule has 0 aliphatic carbocycles. The highest BCUT2D eigenvalue weighted by atomic mass is 32.2. The average molecular weight is 401 g/mol. The Hall–Kier alpha value is -2.88. The Labute approximate surface area is 168 Å². The number of hydrogen-bond acceptors (Lipinski definition) is 8. The number of benzene rings is 1. The summed E-state index contributed by atoms with van der Waals surface area (Å²) in [5.41, 5.74) is 1.95. The molecule has 0 unspecified atom stereocenters. The van der Waals surface area contributed by atoms with E-state index in [2.05, 4.69) is 32.4 Å². The van der Waals surface area contributed by atoms with Gasteiger partial charge in [-0.05, 0) is 18.1 Å². The molecule has 2 heterocycles. The lowest BCUT2D eigenvalue weighted by atomic mass is 10.1. The van der Waals surface area contributed by atoms with Crippen molar-refractivity contribution in [1.29, 1.82) is 0 Å². The van der Waals surface area contributed by atoms with Crippen molar-refractivity contribution in [1.82, 2.24) is 24.6 Å². The quantitative estimate of drug-likeness (QED) is 0.602. The van der Waals surface area contributed by atoms with Gasteiger partial charge in [-0.1, -0.05) is 36.9 Å². The molecule has 0 spiro atoms. The predicted molar refractivity (Wildman–Crippen MR) is 112 cm³/mol. The Balaban J connectivity index is 1.80. The molecule has 3 aromatic rings. The van der Waals surface area contributed by atoms with Crippen LogP contribution in [0.3, 0.4) is 0 Å². The molecule has 10 heteroatoms. The van der Waals surface area contributed by atoms with Gasteiger partial charge in [0.2, 0.25) is 17.8 Å². The fourth-order valence-corrected chi connectivity index (χ4v) is 3.35. The number of aromatic nitrogens is 5. The van der Waals surface area contributed by atoms with Crippen molar-refractivity contribution in [2.45, 2.75) is 18.5 Å². The summed E-state index contributed by atoms with van der Waals surface area (Å²) in [5.74, 6) is 1.76. The number of carbonyl (C=O) groups is 1. The molecule has 0 atom stereocenters. The Bertz CT molecular complexity index is 985. The number of thioether (sulfide) groups is 1. The SMILES string of the molecule is CCc1ccccc1NC(=O)CSc1nnc2nc(N(C)C)nc(N(C)C)n12. The van der Waals surface area contributed by atoms with E-state index in [1.165, 1.54) is 11.8 Å². The third kappa shape index (κ3) is 4.16. The van der Waals surface area contributed by atoms with Crippen LogP contribution in [0, 0.1) is 0 Å². The van der Waals surface area contributed by atoms with Crippen molar-refractivity contribution in [3.8, 4) is 0 Å². The summed E-state index contributed by atoms with van der Waals surface area (Å²) in [7, 11) is 7.53. The molecule has 148 valence electrons. The first-order valence-corrected chi connectivity index (χ1v) is 9.87. The number of hydrogen-bond donors (Lipinski definition) is 1. The minimum atomic E-state index is -0.0973. The number of nitrogens with one attached hydrogen (secondary N) is 1. The number of carbonyl (C=O) groups excluding carboxylic acids is 1. The van der Waals surface area contributed by atoms with Crippen LogP contribution in [0.15, 0.2) is 29.4 Å². The second-order valence-corrected chi connectivity index (χ2v) is 7.52. The fraction of sp³-hybridized carbons (Fsp3) is 0.389. The molecule has 0 aliphatic rings. The van der Waals surface area contributed by atoms with Gasteiger partial charge in [-0.15, -0.1) is 10.2 Å². The minimum Gasteiger partial charge on any atom is -0.348 e. The molecule has 1 N–H and O–H groups in total. The van der Waals surface area contributed by atoms with E-state index < -0.39 is 0 Å². The van der Waals surface area contributed by atoms with Crippen molar-refractivity contribution in [3.05, 3.63) is 29.8 Å². The summed E-state index contributed by atoms with van der Waals surface area (Å²) in [6.45, 7) is 2.06. The molecule has 0 fully saturated rings. The van der Waals surface area contributed by atoms with E-state index >= 15 is 0 Å². The second-order valence-electron chi connectivity index (χ2n) is 6.58. The van der Waals surface area contributed by atoms with Crippen LogP contribution in [-0.2, 0) is 11.2 Å². The molecule has 0 radical (unpaired) electrons. The molecular formula is C18H24N8OS. The zero-order valence-corrected chi connectivity index (χ0v) is 17.5. The van der Waals surface area contributed by atoms with Crippen LogP contribution in [0.1, 0.15) is 12.5 Å². The lowest BCUT2D eigenvalue weighted by Crippen LogP contribution is -2.21. The van der Waals surface area contributed by atoms with Gasteiger partial charge in [0.25, 0.3) is 5.78 Å². The molecule has 2 aromatic heterocycles. The van der Waals surface area contributed by atoms with E-state index in [-0.39, 0.29) is 11.7 Å². The van der Waals surface area contributed by atoms with Gasteiger partial charge in [0.05, 0.1) is 5.75 Å². The fourth-order valence-electron chi connectivity index (χ4n) is 2.62. The van der Waals surface area contributed by atoms with Gasteiger partial charge in [0.15, 0.2) is 5.16 Å². The van der Waals surface area contributed by atoms with E-state index in [4.69, 9.17) is 0 Å². The van der Waals surface area contributed by atoms with Crippen molar-refractivity contribution in [2.24, 2.45) is 0 Å². The number of rotatable bonds is 7. The zero-order valence-electron chi connectivity index (χ0n) is 16.7. The van der Waals surface area contributed by atoms with Gasteiger partial charge >= 0.3 is 0 Å². The van der Waals surface area contributed by atoms with Gasteiger partial charge in [0.1, 0.15) is 0 Å². The predicted octanol–water partition coefficient (Wildman–Crippen LogP) is 1.94. The lowest BCUT2D eigenvalue weighted by molar-refractivity contribution is -0.113. The van der Waals surface area contributed by atoms with Crippen LogP contribution in [0.25, 0.3) is 5.78 Å². The Morgan fingerprint density at radius 3 is 2.54 bits per heavy atom. The second kappa shape index (κ2) is 8.42. The maximum Gasteiger partial charge on any atom is 0.261 e. The van der Waals surface area contributed by atoms with E-state index in [0.29, 0.717) is 22.8 Å². The summed E-state index contributed by atoms with van der Waals surface area (Å²) in [5, 5.41) is 11.9. The molecule has 0 aliphatic heterocycles. The van der Waals surface area contributed by atoms with Crippen molar-refractivity contribution >= 4 is 41.0 Å². The number of amides is 1. The largest absolute Gasteiger partial charge is 0.348 e. The van der Waals surface area contributed by atoms with Crippen LogP contribution in [-0.4, -0.2) is 64.4 Å². The molecule has 0 saturated heterocycles. The van der Waals surface area contributed by atoms with Crippen LogP contribution >= 0.6 is 11.8 Å². The smallest absolute Gasteiger partial charge is 0.261 e. The lowest BCUT2D eigenvalue weighted by Gasteiger charge is -2.17. The Kier molecular flexibility index (Phi) is 5.98. The van der Waals surface area contributed by atoms with Crippen molar-refractivity contribution in [2.75, 3.05) is 49.1 Å². The maximum absolute atomic E-state index is 12.4. The molecule has 0 bridgehead atoms. The summed E-state index contributed by atoms with van der Waals surface area (Å²) in [6.07, 6.45) is 0.857. The summed E-state index contributed by atoms with van der Waals surface area (Å²) >= 11 is 1.30. The highest BCUT2D eigenvalue weighted by molar-refractivity contribution is 7.99. The number of anilines is 3. The van der Waals surface area contributed by atoms with Gasteiger partial charge in [-0.3, -0.25) is 4.79 Å². The highest BCUT2D eigenvalue weighted by Crippen LogP contribution is 2.23. The van der Waals surface area contributed by atoms with Gasteiger partial charge < -0.3 is 15.1 Å². The van der Waals surface area contributed by atoms with Crippen molar-refractivity contribution in [3.63, 3.8) is 0 Å². The van der Waals surface area contributed by atoms with E-state index in [1.54, 1.807) is 4.40 Å². The standard InChI is InChI=1S/C18H24N8OS/c1-6-12-9-7-8-10-13(12)19-14(27)11-28-18-23-22-16-20-15(24(2)3)21-17(25(4)5)26(16)18/h7-10H,6,11H2,1-5H3,(H,19,27).